The van der Waals surface area contributed by atoms with E-state index in [1.807, 2.05) is 26.0 Å². The number of hydrogen-bond donors (Lipinski definition) is 1. The van der Waals surface area contributed by atoms with Crippen LogP contribution in [-0.2, 0) is 6.54 Å². The monoisotopic (exact) mass is 398 g/mol. The van der Waals surface area contributed by atoms with Gasteiger partial charge in [0, 0.05) is 39.3 Å². The maximum atomic E-state index is 10.4. The molecular formula is C23H30N2O4. The Kier molecular flexibility index (Phi) is 6.23. The zero-order valence-electron chi connectivity index (χ0n) is 17.3. The summed E-state index contributed by atoms with van der Waals surface area (Å²) in [7, 11) is 0. The molecule has 2 aromatic rings. The minimum absolute atomic E-state index is 0.312. The first-order valence-electron chi connectivity index (χ1n) is 10.3. The molecule has 0 spiro atoms. The van der Waals surface area contributed by atoms with Crippen LogP contribution in [0.5, 0.6) is 17.2 Å². The van der Waals surface area contributed by atoms with Crippen molar-refractivity contribution in [1.29, 1.82) is 0 Å². The van der Waals surface area contributed by atoms with Crippen LogP contribution < -0.4 is 14.2 Å². The number of ether oxygens (including phenoxy) is 3. The largest absolute Gasteiger partial charge is 0.491 e. The van der Waals surface area contributed by atoms with Crippen molar-refractivity contribution in [3.8, 4) is 17.2 Å². The van der Waals surface area contributed by atoms with Gasteiger partial charge in [0.25, 0.3) is 0 Å². The molecule has 0 saturated carbocycles. The molecule has 2 aromatic carbocycles. The fraction of sp³-hybridized carbons (Fsp3) is 0.478. The Bertz CT molecular complexity index is 834. The van der Waals surface area contributed by atoms with E-state index in [0.29, 0.717) is 19.9 Å². The number of benzene rings is 2. The lowest BCUT2D eigenvalue weighted by Gasteiger charge is -2.35. The van der Waals surface area contributed by atoms with Crippen molar-refractivity contribution in [1.82, 2.24) is 9.80 Å². The number of nitrogens with zero attached hydrogens (tertiary/aromatic N) is 2. The van der Waals surface area contributed by atoms with Crippen LogP contribution in [-0.4, -0.2) is 67.1 Å². The van der Waals surface area contributed by atoms with E-state index >= 15 is 0 Å². The third-order valence-corrected chi connectivity index (χ3v) is 5.55. The van der Waals surface area contributed by atoms with Crippen LogP contribution in [0.15, 0.2) is 36.4 Å². The number of rotatable bonds is 7. The summed E-state index contributed by atoms with van der Waals surface area (Å²) in [6, 6.07) is 12.3. The van der Waals surface area contributed by atoms with E-state index in [-0.39, 0.29) is 0 Å². The summed E-state index contributed by atoms with van der Waals surface area (Å²) in [5.74, 6) is 2.53. The first kappa shape index (κ1) is 20.0. The molecule has 1 atom stereocenters. The van der Waals surface area contributed by atoms with Crippen LogP contribution in [0.25, 0.3) is 0 Å². The van der Waals surface area contributed by atoms with E-state index in [0.717, 1.165) is 55.5 Å². The highest BCUT2D eigenvalue weighted by Gasteiger charge is 2.21. The third kappa shape index (κ3) is 5.21. The molecule has 4 rings (SSSR count). The van der Waals surface area contributed by atoms with Crippen molar-refractivity contribution in [3.63, 3.8) is 0 Å². The van der Waals surface area contributed by atoms with Crippen LogP contribution >= 0.6 is 0 Å². The summed E-state index contributed by atoms with van der Waals surface area (Å²) < 4.78 is 16.7. The Morgan fingerprint density at radius 3 is 2.55 bits per heavy atom. The van der Waals surface area contributed by atoms with Gasteiger partial charge in [0.05, 0.1) is 0 Å². The third-order valence-electron chi connectivity index (χ3n) is 5.55. The summed E-state index contributed by atoms with van der Waals surface area (Å²) in [4.78, 5) is 4.75. The van der Waals surface area contributed by atoms with Gasteiger partial charge in [-0.05, 0) is 48.7 Å². The molecule has 2 heterocycles. The molecule has 6 nitrogen and oxygen atoms in total. The van der Waals surface area contributed by atoms with Gasteiger partial charge in [-0.2, -0.15) is 0 Å². The summed E-state index contributed by atoms with van der Waals surface area (Å²) in [6.45, 7) is 10.1. The smallest absolute Gasteiger partial charge is 0.231 e. The number of hydrogen-bond acceptors (Lipinski definition) is 6. The number of aryl methyl sites for hydroxylation is 2. The Labute approximate surface area is 172 Å². The molecule has 156 valence electrons. The first-order chi connectivity index (χ1) is 14.1. The van der Waals surface area contributed by atoms with E-state index < -0.39 is 6.10 Å². The lowest BCUT2D eigenvalue weighted by molar-refractivity contribution is 0.0444. The predicted octanol–water partition coefficient (Wildman–Crippen LogP) is 2.59. The lowest BCUT2D eigenvalue weighted by Crippen LogP contribution is -2.48. The summed E-state index contributed by atoms with van der Waals surface area (Å²) >= 11 is 0. The number of aliphatic hydroxyl groups excluding tert-OH is 1. The van der Waals surface area contributed by atoms with Gasteiger partial charge in [0.15, 0.2) is 11.5 Å². The van der Waals surface area contributed by atoms with Gasteiger partial charge < -0.3 is 19.3 Å². The maximum Gasteiger partial charge on any atom is 0.231 e. The van der Waals surface area contributed by atoms with Gasteiger partial charge in [-0.15, -0.1) is 0 Å². The standard InChI is InChI=1S/C23H30N2O4/c1-17-3-4-18(2)22(11-17)27-15-20(26)14-25-9-7-24(8-10-25)13-19-5-6-21-23(12-19)29-16-28-21/h3-6,11-12,20,26H,7-10,13-16H2,1-2H3/t20-/m1/s1. The normalized spacial score (nSPS) is 18.0. The summed E-state index contributed by atoms with van der Waals surface area (Å²) in [5.41, 5.74) is 3.50. The van der Waals surface area contributed by atoms with Crippen LogP contribution in [0.2, 0.25) is 0 Å². The Morgan fingerprint density at radius 1 is 0.966 bits per heavy atom. The molecule has 0 radical (unpaired) electrons. The van der Waals surface area contributed by atoms with Crippen molar-refractivity contribution >= 4 is 0 Å². The fourth-order valence-corrected chi connectivity index (χ4v) is 3.83. The number of piperazine rings is 1. The highest BCUT2D eigenvalue weighted by molar-refractivity contribution is 5.44. The molecule has 1 N–H and O–H groups in total. The molecule has 1 fully saturated rings. The number of β-amino-alcohol motifs (C(OH)–C–C–N with tert-alkyl or cyclic N) is 1. The van der Waals surface area contributed by atoms with Crippen LogP contribution in [0.4, 0.5) is 0 Å². The average Bonchev–Trinajstić information content (AvgIpc) is 3.18. The van der Waals surface area contributed by atoms with Crippen molar-refractivity contribution in [2.75, 3.05) is 46.1 Å². The zero-order valence-corrected chi connectivity index (χ0v) is 17.3. The average molecular weight is 399 g/mol. The molecule has 2 aliphatic heterocycles. The molecule has 0 amide bonds. The van der Waals surface area contributed by atoms with E-state index in [2.05, 4.69) is 34.1 Å². The number of fused-ring (bicyclic) bond motifs is 1. The second-order valence-corrected chi connectivity index (χ2v) is 8.00. The summed E-state index contributed by atoms with van der Waals surface area (Å²) in [5, 5.41) is 10.4. The molecule has 0 bridgehead atoms. The molecule has 6 heteroatoms. The van der Waals surface area contributed by atoms with E-state index in [1.165, 1.54) is 11.1 Å². The quantitative estimate of drug-likeness (QED) is 0.774. The van der Waals surface area contributed by atoms with Gasteiger partial charge in [-0.3, -0.25) is 9.80 Å². The highest BCUT2D eigenvalue weighted by Crippen LogP contribution is 2.32. The second-order valence-electron chi connectivity index (χ2n) is 8.00. The molecule has 29 heavy (non-hydrogen) atoms. The van der Waals surface area contributed by atoms with Crippen LogP contribution in [0.3, 0.4) is 0 Å². The van der Waals surface area contributed by atoms with Crippen molar-refractivity contribution in [2.45, 2.75) is 26.5 Å². The second kappa shape index (κ2) is 9.03. The SMILES string of the molecule is Cc1ccc(C)c(OC[C@H](O)CN2CCN(Cc3ccc4c(c3)OCO4)CC2)c1. The van der Waals surface area contributed by atoms with Gasteiger partial charge >= 0.3 is 0 Å². The lowest BCUT2D eigenvalue weighted by atomic mass is 10.1. The first-order valence-corrected chi connectivity index (χ1v) is 10.3. The predicted molar refractivity (Wildman–Crippen MR) is 112 cm³/mol. The maximum absolute atomic E-state index is 10.4. The Morgan fingerprint density at radius 2 is 1.72 bits per heavy atom. The van der Waals surface area contributed by atoms with E-state index in [9.17, 15) is 5.11 Å². The van der Waals surface area contributed by atoms with E-state index in [4.69, 9.17) is 14.2 Å². The minimum atomic E-state index is -0.490. The number of aliphatic hydroxyl groups is 1. The van der Waals surface area contributed by atoms with Gasteiger partial charge in [0.2, 0.25) is 6.79 Å². The van der Waals surface area contributed by atoms with Gasteiger partial charge in [0.1, 0.15) is 18.5 Å². The summed E-state index contributed by atoms with van der Waals surface area (Å²) in [6.07, 6.45) is -0.490. The molecule has 0 aromatic heterocycles. The van der Waals surface area contributed by atoms with Gasteiger partial charge in [-0.1, -0.05) is 18.2 Å². The molecule has 0 aliphatic carbocycles. The van der Waals surface area contributed by atoms with Crippen LogP contribution in [0, 0.1) is 13.8 Å². The molecule has 0 unspecified atom stereocenters. The van der Waals surface area contributed by atoms with Crippen molar-refractivity contribution < 1.29 is 19.3 Å². The molecule has 1 saturated heterocycles. The minimum Gasteiger partial charge on any atom is -0.491 e. The van der Waals surface area contributed by atoms with E-state index in [1.54, 1.807) is 0 Å². The van der Waals surface area contributed by atoms with Crippen molar-refractivity contribution in [2.24, 2.45) is 0 Å². The van der Waals surface area contributed by atoms with Gasteiger partial charge in [-0.25, -0.2) is 0 Å². The van der Waals surface area contributed by atoms with Crippen molar-refractivity contribution in [3.05, 3.63) is 53.1 Å². The molecular weight excluding hydrogens is 368 g/mol. The van der Waals surface area contributed by atoms with Crippen LogP contribution in [0.1, 0.15) is 16.7 Å². The highest BCUT2D eigenvalue weighted by atomic mass is 16.7. The zero-order chi connectivity index (χ0) is 20.2. The molecule has 2 aliphatic rings. The topological polar surface area (TPSA) is 54.4 Å². The Balaban J connectivity index is 1.20. The fourth-order valence-electron chi connectivity index (χ4n) is 3.83. The Hall–Kier alpha value is -2.28.